The Labute approximate surface area is 81.5 Å². The Morgan fingerprint density at radius 2 is 2.18 bits per heavy atom. The molecule has 1 rings (SSSR count). The van der Waals surface area contributed by atoms with Crippen LogP contribution < -0.4 is 0 Å². The molecule has 0 bridgehead atoms. The van der Waals surface area contributed by atoms with Gasteiger partial charge in [0.25, 0.3) is 0 Å². The van der Waals surface area contributed by atoms with Gasteiger partial charge in [0.2, 0.25) is 0 Å². The number of hydrogen-bond acceptors (Lipinski definition) is 1. The Hall–Kier alpha value is 0.0500. The fraction of sp³-hybridized carbons (Fsp3) is 0.333. The molecule has 60 valence electrons. The van der Waals surface area contributed by atoms with E-state index in [9.17, 15) is 0 Å². The monoisotopic (exact) mass is 230 g/mol. The zero-order valence-corrected chi connectivity index (χ0v) is 8.95. The SMILES string of the molecule is Cc1cc(S)ccc1CCBr. The van der Waals surface area contributed by atoms with E-state index in [4.69, 9.17) is 0 Å². The number of rotatable bonds is 2. The molecule has 0 atom stereocenters. The first kappa shape index (κ1) is 9.14. The summed E-state index contributed by atoms with van der Waals surface area (Å²) >= 11 is 7.68. The minimum absolute atomic E-state index is 1.03. The van der Waals surface area contributed by atoms with Gasteiger partial charge in [-0.3, -0.25) is 0 Å². The fourth-order valence-corrected chi connectivity index (χ4v) is 1.76. The van der Waals surface area contributed by atoms with Crippen molar-refractivity contribution in [1.82, 2.24) is 0 Å². The Bertz CT molecular complexity index is 245. The van der Waals surface area contributed by atoms with E-state index in [0.29, 0.717) is 0 Å². The van der Waals surface area contributed by atoms with Gasteiger partial charge in [0.1, 0.15) is 0 Å². The van der Waals surface area contributed by atoms with Crippen molar-refractivity contribution in [3.63, 3.8) is 0 Å². The minimum Gasteiger partial charge on any atom is -0.143 e. The number of hydrogen-bond donors (Lipinski definition) is 1. The Morgan fingerprint density at radius 3 is 2.73 bits per heavy atom. The standard InChI is InChI=1S/C9H11BrS/c1-7-6-9(11)3-2-8(7)4-5-10/h2-3,6,11H,4-5H2,1H3. The lowest BCUT2D eigenvalue weighted by Gasteiger charge is -2.03. The average Bonchev–Trinajstić information content (AvgIpc) is 1.95. The lowest BCUT2D eigenvalue weighted by molar-refractivity contribution is 1.12. The van der Waals surface area contributed by atoms with Gasteiger partial charge in [-0.2, -0.15) is 0 Å². The van der Waals surface area contributed by atoms with Crippen LogP contribution in [-0.2, 0) is 6.42 Å². The molecular weight excluding hydrogens is 220 g/mol. The van der Waals surface area contributed by atoms with Gasteiger partial charge >= 0.3 is 0 Å². The van der Waals surface area contributed by atoms with Gasteiger partial charge < -0.3 is 0 Å². The molecule has 0 saturated carbocycles. The first-order valence-corrected chi connectivity index (χ1v) is 5.15. The molecule has 0 aliphatic rings. The number of aryl methyl sites for hydroxylation is 2. The topological polar surface area (TPSA) is 0 Å². The number of alkyl halides is 1. The highest BCUT2D eigenvalue weighted by atomic mass is 79.9. The van der Waals surface area contributed by atoms with E-state index in [-0.39, 0.29) is 0 Å². The summed E-state index contributed by atoms with van der Waals surface area (Å²) in [6.45, 7) is 2.12. The molecule has 0 fully saturated rings. The zero-order chi connectivity index (χ0) is 8.27. The molecule has 0 aliphatic heterocycles. The van der Waals surface area contributed by atoms with Crippen LogP contribution >= 0.6 is 28.6 Å². The van der Waals surface area contributed by atoms with Crippen molar-refractivity contribution in [2.45, 2.75) is 18.2 Å². The van der Waals surface area contributed by atoms with Crippen LogP contribution in [0.15, 0.2) is 23.1 Å². The van der Waals surface area contributed by atoms with Gasteiger partial charge in [-0.1, -0.05) is 22.0 Å². The smallest absolute Gasteiger partial charge is 0.00719 e. The summed E-state index contributed by atoms with van der Waals surface area (Å²) in [5.74, 6) is 0. The molecule has 0 aliphatic carbocycles. The highest BCUT2D eigenvalue weighted by molar-refractivity contribution is 9.09. The summed E-state index contributed by atoms with van der Waals surface area (Å²) in [6, 6.07) is 6.27. The van der Waals surface area contributed by atoms with Crippen LogP contribution in [0.4, 0.5) is 0 Å². The molecule has 0 amide bonds. The predicted octanol–water partition coefficient (Wildman–Crippen LogP) is 3.22. The Balaban J connectivity index is 2.90. The summed E-state index contributed by atoms with van der Waals surface area (Å²) in [7, 11) is 0. The largest absolute Gasteiger partial charge is 0.143 e. The maximum Gasteiger partial charge on any atom is 0.00719 e. The van der Waals surface area contributed by atoms with Crippen LogP contribution in [0, 0.1) is 6.92 Å². The second-order valence-corrected chi connectivity index (χ2v) is 3.86. The van der Waals surface area contributed by atoms with Crippen LogP contribution in [0.1, 0.15) is 11.1 Å². The van der Waals surface area contributed by atoms with Crippen LogP contribution in [0.3, 0.4) is 0 Å². The van der Waals surface area contributed by atoms with E-state index < -0.39 is 0 Å². The molecule has 2 heteroatoms. The average molecular weight is 231 g/mol. The summed E-state index contributed by atoms with van der Waals surface area (Å²) < 4.78 is 0. The van der Waals surface area contributed by atoms with Crippen molar-refractivity contribution in [2.75, 3.05) is 5.33 Å². The van der Waals surface area contributed by atoms with Crippen molar-refractivity contribution >= 4 is 28.6 Å². The van der Waals surface area contributed by atoms with E-state index in [2.05, 4.69) is 47.6 Å². The second kappa shape index (κ2) is 4.17. The third-order valence-corrected chi connectivity index (χ3v) is 2.36. The fourth-order valence-electron chi connectivity index (χ4n) is 1.06. The van der Waals surface area contributed by atoms with Gasteiger partial charge in [0.05, 0.1) is 0 Å². The molecule has 0 aromatic heterocycles. The minimum atomic E-state index is 1.03. The van der Waals surface area contributed by atoms with Crippen molar-refractivity contribution in [3.05, 3.63) is 29.3 Å². The van der Waals surface area contributed by atoms with Crippen LogP contribution in [-0.4, -0.2) is 5.33 Å². The highest BCUT2D eigenvalue weighted by Gasteiger charge is 1.96. The first-order valence-electron chi connectivity index (χ1n) is 3.58. The molecule has 1 aromatic carbocycles. The van der Waals surface area contributed by atoms with Crippen molar-refractivity contribution < 1.29 is 0 Å². The van der Waals surface area contributed by atoms with Crippen molar-refractivity contribution in [2.24, 2.45) is 0 Å². The number of thiol groups is 1. The van der Waals surface area contributed by atoms with E-state index in [1.807, 2.05) is 6.07 Å². The maximum atomic E-state index is 4.26. The van der Waals surface area contributed by atoms with E-state index in [1.165, 1.54) is 11.1 Å². The van der Waals surface area contributed by atoms with E-state index >= 15 is 0 Å². The molecule has 11 heavy (non-hydrogen) atoms. The lowest BCUT2D eigenvalue weighted by atomic mass is 10.1. The second-order valence-electron chi connectivity index (χ2n) is 2.55. The molecule has 0 nitrogen and oxygen atoms in total. The molecular formula is C9H11BrS. The predicted molar refractivity (Wildman–Crippen MR) is 55.9 cm³/mol. The highest BCUT2D eigenvalue weighted by Crippen LogP contribution is 2.14. The van der Waals surface area contributed by atoms with E-state index in [1.54, 1.807) is 0 Å². The zero-order valence-electron chi connectivity index (χ0n) is 6.47. The van der Waals surface area contributed by atoms with Gasteiger partial charge in [-0.15, -0.1) is 12.6 Å². The summed E-state index contributed by atoms with van der Waals surface area (Å²) in [5.41, 5.74) is 2.73. The third kappa shape index (κ3) is 2.53. The van der Waals surface area contributed by atoms with Crippen molar-refractivity contribution in [1.29, 1.82) is 0 Å². The van der Waals surface area contributed by atoms with Gasteiger partial charge in [0.15, 0.2) is 0 Å². The first-order chi connectivity index (χ1) is 5.24. The normalized spacial score (nSPS) is 10.1. The quantitative estimate of drug-likeness (QED) is 0.586. The Morgan fingerprint density at radius 1 is 1.45 bits per heavy atom. The molecule has 0 spiro atoms. The van der Waals surface area contributed by atoms with Crippen LogP contribution in [0.25, 0.3) is 0 Å². The summed E-state index contributed by atoms with van der Waals surface area (Å²) in [4.78, 5) is 1.04. The molecule has 0 unspecified atom stereocenters. The molecule has 0 heterocycles. The maximum absolute atomic E-state index is 4.26. The summed E-state index contributed by atoms with van der Waals surface area (Å²) in [5, 5.41) is 1.03. The Kier molecular flexibility index (Phi) is 3.46. The molecule has 1 aromatic rings. The molecule has 0 radical (unpaired) electrons. The molecule has 0 saturated heterocycles. The van der Waals surface area contributed by atoms with Crippen molar-refractivity contribution in [3.8, 4) is 0 Å². The van der Waals surface area contributed by atoms with Gasteiger partial charge in [0, 0.05) is 10.2 Å². The van der Waals surface area contributed by atoms with Gasteiger partial charge in [-0.25, -0.2) is 0 Å². The third-order valence-electron chi connectivity index (χ3n) is 1.69. The molecule has 0 N–H and O–H groups in total. The summed E-state index contributed by atoms with van der Waals surface area (Å²) in [6.07, 6.45) is 1.10. The number of halogens is 1. The van der Waals surface area contributed by atoms with Crippen LogP contribution in [0.5, 0.6) is 0 Å². The lowest BCUT2D eigenvalue weighted by Crippen LogP contribution is -1.89. The van der Waals surface area contributed by atoms with Gasteiger partial charge in [-0.05, 0) is 36.6 Å². The van der Waals surface area contributed by atoms with Crippen LogP contribution in [0.2, 0.25) is 0 Å². The van der Waals surface area contributed by atoms with E-state index in [0.717, 1.165) is 16.6 Å². The number of benzene rings is 1.